The van der Waals surface area contributed by atoms with Crippen LogP contribution in [-0.4, -0.2) is 59.1 Å². The summed E-state index contributed by atoms with van der Waals surface area (Å²) in [5.41, 5.74) is 5.56. The standard InChI is InChI=1S/C26H35NO2.C4H4O4/c1-4-10-25(28)23-12-9-11-22(18-23)24-17-20(3)26(19-21(24)5-2)29-16-15-27-13-7-6-8-14-27;5-3(6)1-2-4(7)8/h9,11-12,17-19H,4-8,10,13-16H2,1-3H3;1-2H,(H,5,6)(H,7,8)/b;2-1+. The van der Waals surface area contributed by atoms with Crippen molar-refractivity contribution in [1.29, 1.82) is 0 Å². The molecule has 0 radical (unpaired) electrons. The van der Waals surface area contributed by atoms with E-state index < -0.39 is 11.9 Å². The molecule has 37 heavy (non-hydrogen) atoms. The first-order chi connectivity index (χ1) is 17.7. The summed E-state index contributed by atoms with van der Waals surface area (Å²) in [5, 5.41) is 15.6. The Morgan fingerprint density at radius 1 is 0.973 bits per heavy atom. The van der Waals surface area contributed by atoms with Crippen LogP contribution in [0.1, 0.15) is 67.4 Å². The van der Waals surface area contributed by atoms with Gasteiger partial charge in [-0.1, -0.05) is 38.5 Å². The molecule has 0 saturated carbocycles. The third kappa shape index (κ3) is 10.2. The lowest BCUT2D eigenvalue weighted by molar-refractivity contribution is -0.134. The first-order valence-corrected chi connectivity index (χ1v) is 13.0. The molecule has 2 N–H and O–H groups in total. The van der Waals surface area contributed by atoms with Crippen molar-refractivity contribution in [3.63, 3.8) is 0 Å². The Kier molecular flexibility index (Phi) is 12.6. The molecule has 200 valence electrons. The second-order valence-corrected chi connectivity index (χ2v) is 9.14. The van der Waals surface area contributed by atoms with Crippen LogP contribution in [-0.2, 0) is 16.0 Å². The Balaban J connectivity index is 0.000000521. The molecular formula is C30H39NO6. The van der Waals surface area contributed by atoms with Gasteiger partial charge in [0, 0.05) is 30.7 Å². The van der Waals surface area contributed by atoms with Crippen molar-refractivity contribution in [3.8, 4) is 16.9 Å². The van der Waals surface area contributed by atoms with Crippen molar-refractivity contribution in [2.45, 2.75) is 59.3 Å². The Labute approximate surface area is 219 Å². The van der Waals surface area contributed by atoms with Gasteiger partial charge in [-0.25, -0.2) is 9.59 Å². The number of carbonyl (C=O) groups excluding carboxylic acids is 1. The van der Waals surface area contributed by atoms with Crippen LogP contribution in [0.2, 0.25) is 0 Å². The lowest BCUT2D eigenvalue weighted by Gasteiger charge is -2.26. The predicted molar refractivity (Wildman–Crippen MR) is 145 cm³/mol. The summed E-state index contributed by atoms with van der Waals surface area (Å²) in [7, 11) is 0. The van der Waals surface area contributed by atoms with Gasteiger partial charge in [-0.05, 0) is 86.1 Å². The van der Waals surface area contributed by atoms with Crippen molar-refractivity contribution in [2.75, 3.05) is 26.2 Å². The molecule has 0 unspecified atom stereocenters. The monoisotopic (exact) mass is 509 g/mol. The molecule has 2 aromatic rings. The van der Waals surface area contributed by atoms with Gasteiger partial charge in [-0.15, -0.1) is 0 Å². The molecule has 0 bridgehead atoms. The summed E-state index contributed by atoms with van der Waals surface area (Å²) in [5.74, 6) is -1.30. The number of Topliss-reactive ketones (excluding diaryl/α,β-unsaturated/α-hetero) is 1. The number of nitrogens with zero attached hydrogens (tertiary/aromatic N) is 1. The van der Waals surface area contributed by atoms with Crippen molar-refractivity contribution < 1.29 is 29.3 Å². The summed E-state index contributed by atoms with van der Waals surface area (Å²) in [6, 6.07) is 12.5. The normalized spacial score (nSPS) is 13.6. The minimum atomic E-state index is -1.26. The van der Waals surface area contributed by atoms with E-state index in [0.717, 1.165) is 48.4 Å². The molecule has 0 amide bonds. The summed E-state index contributed by atoms with van der Waals surface area (Å²) >= 11 is 0. The Morgan fingerprint density at radius 2 is 1.65 bits per heavy atom. The zero-order valence-corrected chi connectivity index (χ0v) is 22.2. The number of likely N-dealkylation sites (tertiary alicyclic amines) is 1. The quantitative estimate of drug-likeness (QED) is 0.292. The fourth-order valence-corrected chi connectivity index (χ4v) is 4.29. The van der Waals surface area contributed by atoms with Gasteiger partial charge in [0.05, 0.1) is 0 Å². The fraction of sp³-hybridized carbons (Fsp3) is 0.433. The Morgan fingerprint density at radius 3 is 2.24 bits per heavy atom. The average Bonchev–Trinajstić information content (AvgIpc) is 2.89. The SMILES string of the molecule is CCCC(=O)c1cccc(-c2cc(C)c(OCCN3CCCCC3)cc2CC)c1.O=C(O)/C=C/C(=O)O. The molecule has 7 nitrogen and oxygen atoms in total. The maximum absolute atomic E-state index is 12.3. The van der Waals surface area contributed by atoms with E-state index in [1.54, 1.807) is 0 Å². The number of aliphatic carboxylic acids is 2. The van der Waals surface area contributed by atoms with Gasteiger partial charge in [0.15, 0.2) is 5.78 Å². The van der Waals surface area contributed by atoms with E-state index in [1.165, 1.54) is 43.5 Å². The summed E-state index contributed by atoms with van der Waals surface area (Å²) < 4.78 is 6.17. The number of carboxylic acids is 2. The van der Waals surface area contributed by atoms with Gasteiger partial charge in [0.1, 0.15) is 12.4 Å². The van der Waals surface area contributed by atoms with E-state index in [1.807, 2.05) is 25.1 Å². The highest BCUT2D eigenvalue weighted by atomic mass is 16.5. The van der Waals surface area contributed by atoms with E-state index in [9.17, 15) is 14.4 Å². The van der Waals surface area contributed by atoms with Crippen LogP contribution in [0.5, 0.6) is 5.75 Å². The van der Waals surface area contributed by atoms with Crippen molar-refractivity contribution in [2.24, 2.45) is 0 Å². The molecule has 2 aromatic carbocycles. The van der Waals surface area contributed by atoms with Crippen LogP contribution in [0, 0.1) is 6.92 Å². The van der Waals surface area contributed by atoms with E-state index in [4.69, 9.17) is 14.9 Å². The number of ether oxygens (including phenoxy) is 1. The Hall–Kier alpha value is -3.45. The van der Waals surface area contributed by atoms with Crippen molar-refractivity contribution in [1.82, 2.24) is 4.90 Å². The molecule has 0 spiro atoms. The number of rotatable bonds is 11. The summed E-state index contributed by atoms with van der Waals surface area (Å²) in [6.45, 7) is 10.5. The molecule has 0 aliphatic carbocycles. The molecule has 1 aliphatic rings. The first-order valence-electron chi connectivity index (χ1n) is 13.0. The number of carboxylic acid groups (broad SMARTS) is 2. The molecule has 0 aromatic heterocycles. The lowest BCUT2D eigenvalue weighted by atomic mass is 9.93. The van der Waals surface area contributed by atoms with Gasteiger partial charge >= 0.3 is 11.9 Å². The molecule has 7 heteroatoms. The van der Waals surface area contributed by atoms with E-state index in [2.05, 4.69) is 36.9 Å². The van der Waals surface area contributed by atoms with Gasteiger partial charge in [-0.3, -0.25) is 9.69 Å². The lowest BCUT2D eigenvalue weighted by Crippen LogP contribution is -2.33. The van der Waals surface area contributed by atoms with Crippen LogP contribution in [0.25, 0.3) is 11.1 Å². The first kappa shape index (κ1) is 29.8. The van der Waals surface area contributed by atoms with E-state index in [0.29, 0.717) is 18.6 Å². The number of hydrogen-bond acceptors (Lipinski definition) is 5. The van der Waals surface area contributed by atoms with E-state index in [-0.39, 0.29) is 5.78 Å². The van der Waals surface area contributed by atoms with Gasteiger partial charge < -0.3 is 14.9 Å². The third-order valence-corrected chi connectivity index (χ3v) is 6.24. The van der Waals surface area contributed by atoms with E-state index >= 15 is 0 Å². The van der Waals surface area contributed by atoms with Crippen LogP contribution in [0.4, 0.5) is 0 Å². The van der Waals surface area contributed by atoms with Gasteiger partial charge in [-0.2, -0.15) is 0 Å². The summed E-state index contributed by atoms with van der Waals surface area (Å²) in [6.07, 6.45) is 7.53. The van der Waals surface area contributed by atoms with Crippen LogP contribution in [0.15, 0.2) is 48.6 Å². The number of carbonyl (C=O) groups is 3. The molecule has 1 heterocycles. The highest BCUT2D eigenvalue weighted by Gasteiger charge is 2.13. The largest absolute Gasteiger partial charge is 0.492 e. The van der Waals surface area contributed by atoms with Gasteiger partial charge in [0.2, 0.25) is 0 Å². The fourth-order valence-electron chi connectivity index (χ4n) is 4.29. The smallest absolute Gasteiger partial charge is 0.328 e. The number of benzene rings is 2. The van der Waals surface area contributed by atoms with Crippen LogP contribution < -0.4 is 4.74 Å². The number of aryl methyl sites for hydroxylation is 2. The molecule has 1 saturated heterocycles. The molecule has 3 rings (SSSR count). The number of ketones is 1. The topological polar surface area (TPSA) is 104 Å². The minimum Gasteiger partial charge on any atom is -0.492 e. The Bertz CT molecular complexity index is 1070. The highest BCUT2D eigenvalue weighted by Crippen LogP contribution is 2.32. The number of piperidine rings is 1. The maximum Gasteiger partial charge on any atom is 0.328 e. The molecular weight excluding hydrogens is 470 g/mol. The third-order valence-electron chi connectivity index (χ3n) is 6.24. The summed E-state index contributed by atoms with van der Waals surface area (Å²) in [4.78, 5) is 33.9. The zero-order chi connectivity index (χ0) is 27.2. The average molecular weight is 510 g/mol. The highest BCUT2D eigenvalue weighted by molar-refractivity contribution is 5.97. The van der Waals surface area contributed by atoms with Crippen LogP contribution in [0.3, 0.4) is 0 Å². The minimum absolute atomic E-state index is 0.224. The maximum atomic E-state index is 12.3. The molecule has 1 aliphatic heterocycles. The van der Waals surface area contributed by atoms with Crippen LogP contribution >= 0.6 is 0 Å². The second-order valence-electron chi connectivity index (χ2n) is 9.14. The predicted octanol–water partition coefficient (Wildman–Crippen LogP) is 5.78. The van der Waals surface area contributed by atoms with Crippen molar-refractivity contribution >= 4 is 17.7 Å². The second kappa shape index (κ2) is 15.6. The number of hydrogen-bond donors (Lipinski definition) is 2. The van der Waals surface area contributed by atoms with Gasteiger partial charge in [0.25, 0.3) is 0 Å². The molecule has 1 fully saturated rings. The van der Waals surface area contributed by atoms with Crippen molar-refractivity contribution in [3.05, 3.63) is 65.2 Å². The molecule has 0 atom stereocenters. The zero-order valence-electron chi connectivity index (χ0n) is 22.2.